The summed E-state index contributed by atoms with van der Waals surface area (Å²) in [5.41, 5.74) is 0.159. The first-order valence-electron chi connectivity index (χ1n) is 9.05. The minimum absolute atomic E-state index is 0.219. The first-order chi connectivity index (χ1) is 12.7. The molecular formula is C19H24ClN3O4. The van der Waals surface area contributed by atoms with Crippen LogP contribution >= 0.6 is 11.6 Å². The van der Waals surface area contributed by atoms with Crippen molar-refractivity contribution >= 4 is 34.6 Å². The van der Waals surface area contributed by atoms with Gasteiger partial charge in [0.05, 0.1) is 28.2 Å². The van der Waals surface area contributed by atoms with E-state index in [1.54, 1.807) is 26.8 Å². The number of aromatic nitrogens is 2. The van der Waals surface area contributed by atoms with Gasteiger partial charge in [0.15, 0.2) is 0 Å². The Bertz CT molecular complexity index is 872. The van der Waals surface area contributed by atoms with Crippen molar-refractivity contribution in [1.29, 1.82) is 0 Å². The maximum Gasteiger partial charge on any atom is 0.419 e. The van der Waals surface area contributed by atoms with Gasteiger partial charge in [-0.2, -0.15) is 0 Å². The monoisotopic (exact) mass is 393 g/mol. The SMILES string of the molecule is CC(C)(C)OC(=O)n1cc(C(=O)N[C@H]2CCCC[C@@H]2O)c2nccc(Cl)c21. The number of carbonyl (C=O) groups is 2. The van der Waals surface area contributed by atoms with E-state index in [2.05, 4.69) is 10.3 Å². The fourth-order valence-corrected chi connectivity index (χ4v) is 3.50. The second kappa shape index (κ2) is 7.48. The third-order valence-corrected chi connectivity index (χ3v) is 4.82. The molecule has 0 unspecified atom stereocenters. The average Bonchev–Trinajstić information content (AvgIpc) is 2.97. The highest BCUT2D eigenvalue weighted by Crippen LogP contribution is 2.28. The summed E-state index contributed by atoms with van der Waals surface area (Å²) in [6.07, 6.45) is 4.94. The Morgan fingerprint density at radius 1 is 1.33 bits per heavy atom. The van der Waals surface area contributed by atoms with Crippen molar-refractivity contribution in [2.24, 2.45) is 0 Å². The largest absolute Gasteiger partial charge is 0.443 e. The Hall–Kier alpha value is -2.12. The molecule has 0 spiro atoms. The maximum atomic E-state index is 12.8. The van der Waals surface area contributed by atoms with Crippen LogP contribution in [0.15, 0.2) is 18.5 Å². The van der Waals surface area contributed by atoms with Crippen molar-refractivity contribution < 1.29 is 19.4 Å². The molecule has 8 heteroatoms. The van der Waals surface area contributed by atoms with E-state index in [-0.39, 0.29) is 11.6 Å². The molecule has 146 valence electrons. The highest BCUT2D eigenvalue weighted by Gasteiger charge is 2.28. The number of halogens is 1. The number of aliphatic hydroxyl groups excluding tert-OH is 1. The van der Waals surface area contributed by atoms with Gasteiger partial charge in [-0.25, -0.2) is 9.36 Å². The van der Waals surface area contributed by atoms with Crippen molar-refractivity contribution in [3.63, 3.8) is 0 Å². The molecule has 1 aliphatic rings. The molecule has 2 N–H and O–H groups in total. The maximum absolute atomic E-state index is 12.8. The van der Waals surface area contributed by atoms with E-state index in [1.165, 1.54) is 17.0 Å². The van der Waals surface area contributed by atoms with Gasteiger partial charge in [-0.1, -0.05) is 24.4 Å². The lowest BCUT2D eigenvalue weighted by Crippen LogP contribution is -2.45. The number of aliphatic hydroxyl groups is 1. The number of ether oxygens (including phenoxy) is 1. The normalized spacial score (nSPS) is 20.5. The van der Waals surface area contributed by atoms with Gasteiger partial charge < -0.3 is 15.2 Å². The predicted octanol–water partition coefficient (Wildman–Crippen LogP) is 3.51. The summed E-state index contributed by atoms with van der Waals surface area (Å²) in [6.45, 7) is 5.28. The fraction of sp³-hybridized carbons (Fsp3) is 0.526. The molecule has 2 aromatic rings. The first-order valence-corrected chi connectivity index (χ1v) is 9.43. The molecule has 0 aromatic carbocycles. The van der Waals surface area contributed by atoms with Crippen molar-refractivity contribution in [1.82, 2.24) is 14.9 Å². The zero-order valence-electron chi connectivity index (χ0n) is 15.7. The summed E-state index contributed by atoms with van der Waals surface area (Å²) in [7, 11) is 0. The van der Waals surface area contributed by atoms with Gasteiger partial charge >= 0.3 is 6.09 Å². The summed E-state index contributed by atoms with van der Waals surface area (Å²) >= 11 is 6.27. The number of nitrogens with one attached hydrogen (secondary N) is 1. The van der Waals surface area contributed by atoms with Gasteiger partial charge in [-0.3, -0.25) is 9.78 Å². The summed E-state index contributed by atoms with van der Waals surface area (Å²) < 4.78 is 6.62. The smallest absolute Gasteiger partial charge is 0.419 e. The first kappa shape index (κ1) is 19.6. The van der Waals surface area contributed by atoms with Gasteiger partial charge in [0, 0.05) is 12.4 Å². The lowest BCUT2D eigenvalue weighted by Gasteiger charge is -2.28. The third kappa shape index (κ3) is 4.25. The molecule has 27 heavy (non-hydrogen) atoms. The van der Waals surface area contributed by atoms with Gasteiger partial charge in [-0.15, -0.1) is 0 Å². The van der Waals surface area contributed by atoms with Crippen LogP contribution in [0.3, 0.4) is 0 Å². The standard InChI is InChI=1S/C19H24ClN3O4/c1-19(2,3)27-18(26)23-10-11(15-16(23)12(20)8-9-21-15)17(25)22-13-6-4-5-7-14(13)24/h8-10,13-14,24H,4-7H2,1-3H3,(H,22,25)/t13-,14-/m0/s1. The van der Waals surface area contributed by atoms with Crippen LogP contribution in [0.4, 0.5) is 4.79 Å². The van der Waals surface area contributed by atoms with E-state index in [0.717, 1.165) is 12.8 Å². The Morgan fingerprint density at radius 3 is 2.70 bits per heavy atom. The van der Waals surface area contributed by atoms with Gasteiger partial charge in [0.1, 0.15) is 11.1 Å². The van der Waals surface area contributed by atoms with Crippen LogP contribution in [0.1, 0.15) is 56.8 Å². The number of fused-ring (bicyclic) bond motifs is 1. The van der Waals surface area contributed by atoms with Crippen LogP contribution in [0, 0.1) is 0 Å². The quantitative estimate of drug-likeness (QED) is 0.814. The summed E-state index contributed by atoms with van der Waals surface area (Å²) in [5, 5.41) is 13.3. The van der Waals surface area contributed by atoms with E-state index < -0.39 is 23.7 Å². The highest BCUT2D eigenvalue weighted by molar-refractivity contribution is 6.35. The number of carbonyl (C=O) groups excluding carboxylic acids is 2. The molecule has 2 heterocycles. The predicted molar refractivity (Wildman–Crippen MR) is 102 cm³/mol. The minimum atomic E-state index is -0.697. The van der Waals surface area contributed by atoms with Crippen LogP contribution in [-0.4, -0.2) is 44.4 Å². The molecule has 2 atom stereocenters. The molecule has 1 amide bonds. The number of hydrogen-bond donors (Lipinski definition) is 2. The van der Waals surface area contributed by atoms with Crippen molar-refractivity contribution in [3.05, 3.63) is 29.0 Å². The molecule has 2 aromatic heterocycles. The number of amides is 1. The van der Waals surface area contributed by atoms with Crippen LogP contribution in [0.5, 0.6) is 0 Å². The Labute approximate surface area is 162 Å². The average molecular weight is 394 g/mol. The number of pyridine rings is 1. The molecule has 0 saturated heterocycles. The highest BCUT2D eigenvalue weighted by atomic mass is 35.5. The van der Waals surface area contributed by atoms with Crippen LogP contribution in [0.2, 0.25) is 5.02 Å². The Morgan fingerprint density at radius 2 is 2.04 bits per heavy atom. The topological polar surface area (TPSA) is 93.5 Å². The molecule has 1 aliphatic carbocycles. The minimum Gasteiger partial charge on any atom is -0.443 e. The van der Waals surface area contributed by atoms with Gasteiger partial charge in [0.25, 0.3) is 5.91 Å². The van der Waals surface area contributed by atoms with Crippen LogP contribution < -0.4 is 5.32 Å². The van der Waals surface area contributed by atoms with Crippen LogP contribution in [0.25, 0.3) is 11.0 Å². The molecule has 7 nitrogen and oxygen atoms in total. The van der Waals surface area contributed by atoms with Crippen molar-refractivity contribution in [2.75, 3.05) is 0 Å². The van der Waals surface area contributed by atoms with E-state index >= 15 is 0 Å². The molecular weight excluding hydrogens is 370 g/mol. The summed E-state index contributed by atoms with van der Waals surface area (Å²) in [4.78, 5) is 29.7. The Balaban J connectivity index is 1.97. The lowest BCUT2D eigenvalue weighted by molar-refractivity contribution is 0.0544. The molecule has 0 bridgehead atoms. The number of rotatable bonds is 2. The van der Waals surface area contributed by atoms with Gasteiger partial charge in [0.2, 0.25) is 0 Å². The van der Waals surface area contributed by atoms with E-state index in [9.17, 15) is 14.7 Å². The van der Waals surface area contributed by atoms with Crippen molar-refractivity contribution in [2.45, 2.75) is 64.2 Å². The summed E-state index contributed by atoms with van der Waals surface area (Å²) in [6, 6.07) is 1.24. The lowest BCUT2D eigenvalue weighted by atomic mass is 9.92. The Kier molecular flexibility index (Phi) is 5.44. The van der Waals surface area contributed by atoms with E-state index in [1.807, 2.05) is 0 Å². The zero-order chi connectivity index (χ0) is 19.8. The second-order valence-corrected chi connectivity index (χ2v) is 8.22. The van der Waals surface area contributed by atoms with Crippen LogP contribution in [-0.2, 0) is 4.74 Å². The van der Waals surface area contributed by atoms with Crippen molar-refractivity contribution in [3.8, 4) is 0 Å². The van der Waals surface area contributed by atoms with E-state index in [0.29, 0.717) is 28.9 Å². The fourth-order valence-electron chi connectivity index (χ4n) is 3.26. The molecule has 3 rings (SSSR count). The molecule has 0 radical (unpaired) electrons. The second-order valence-electron chi connectivity index (χ2n) is 7.81. The zero-order valence-corrected chi connectivity index (χ0v) is 16.4. The molecule has 0 aliphatic heterocycles. The third-order valence-electron chi connectivity index (χ3n) is 4.51. The van der Waals surface area contributed by atoms with E-state index in [4.69, 9.17) is 16.3 Å². The molecule has 1 fully saturated rings. The number of hydrogen-bond acceptors (Lipinski definition) is 5. The summed E-state index contributed by atoms with van der Waals surface area (Å²) in [5.74, 6) is -0.400. The number of nitrogens with zero attached hydrogens (tertiary/aromatic N) is 2. The molecule has 1 saturated carbocycles. The van der Waals surface area contributed by atoms with Gasteiger partial charge in [-0.05, 0) is 39.7 Å².